The normalized spacial score (nSPS) is 12.1. The summed E-state index contributed by atoms with van der Waals surface area (Å²) in [5, 5.41) is 0. The van der Waals surface area contributed by atoms with Crippen LogP contribution in [-0.4, -0.2) is 44.2 Å². The first kappa shape index (κ1) is 23.4. The fraction of sp³-hybridized carbons (Fsp3) is 0.800. The van der Waals surface area contributed by atoms with Crippen LogP contribution in [0.5, 0.6) is 0 Å². The van der Waals surface area contributed by atoms with Gasteiger partial charge < -0.3 is 9.47 Å². The molecule has 0 spiro atoms. The van der Waals surface area contributed by atoms with E-state index in [1.165, 1.54) is 21.6 Å². The van der Waals surface area contributed by atoms with E-state index in [1.807, 2.05) is 0 Å². The molecule has 0 aromatic carbocycles. The van der Waals surface area contributed by atoms with Crippen LogP contribution >= 0.6 is 91.2 Å². The Labute approximate surface area is 166 Å². The highest BCUT2D eigenvalue weighted by molar-refractivity contribution is 8.76. The van der Waals surface area contributed by atoms with Crippen LogP contribution in [-0.2, 0) is 19.1 Å². The molecule has 0 amide bonds. The van der Waals surface area contributed by atoms with Crippen molar-refractivity contribution in [1.82, 2.24) is 0 Å². The van der Waals surface area contributed by atoms with Crippen LogP contribution in [0.25, 0.3) is 0 Å². The van der Waals surface area contributed by atoms with Gasteiger partial charge in [0, 0.05) is 11.5 Å². The van der Waals surface area contributed by atoms with Crippen molar-refractivity contribution in [3.8, 4) is 0 Å². The average molecular weight is 473 g/mol. The molecule has 0 rings (SSSR count). The minimum absolute atomic E-state index is 0.177. The number of hydrogen-bond acceptors (Lipinski definition) is 6. The topological polar surface area (TPSA) is 52.6 Å². The van der Waals surface area contributed by atoms with E-state index in [0.717, 1.165) is 0 Å². The number of carbonyl (C=O) groups excluding carboxylic acids is 2. The highest BCUT2D eigenvalue weighted by Crippen LogP contribution is 2.28. The summed E-state index contributed by atoms with van der Waals surface area (Å²) in [6, 6.07) is 0. The van der Waals surface area contributed by atoms with Crippen LogP contribution in [0.3, 0.4) is 0 Å². The highest BCUT2D eigenvalue weighted by atomic mass is 35.6. The van der Waals surface area contributed by atoms with Crippen molar-refractivity contribution in [3.05, 3.63) is 0 Å². The third kappa shape index (κ3) is 17.7. The predicted molar refractivity (Wildman–Crippen MR) is 96.6 cm³/mol. The van der Waals surface area contributed by atoms with Crippen LogP contribution in [0.1, 0.15) is 12.8 Å². The zero-order valence-corrected chi connectivity index (χ0v) is 17.1. The Hall–Kier alpha value is 1.38. The van der Waals surface area contributed by atoms with Gasteiger partial charge >= 0.3 is 11.9 Å². The first-order valence-electron chi connectivity index (χ1n) is 5.69. The molecule has 0 fully saturated rings. The Morgan fingerprint density at radius 2 is 1.05 bits per heavy atom. The minimum atomic E-state index is -1.61. The van der Waals surface area contributed by atoms with Crippen LogP contribution in [0.4, 0.5) is 0 Å². The second-order valence-corrected chi connectivity index (χ2v) is 11.4. The molecule has 0 atom stereocenters. The summed E-state index contributed by atoms with van der Waals surface area (Å²) in [5.41, 5.74) is 0. The Morgan fingerprint density at radius 3 is 1.32 bits per heavy atom. The summed E-state index contributed by atoms with van der Waals surface area (Å²) >= 11 is 32.6. The minimum Gasteiger partial charge on any atom is -0.461 e. The summed E-state index contributed by atoms with van der Waals surface area (Å²) < 4.78 is 6.28. The Balaban J connectivity index is 3.50. The monoisotopic (exact) mass is 470 g/mol. The maximum atomic E-state index is 11.3. The van der Waals surface area contributed by atoms with E-state index < -0.39 is 19.5 Å². The van der Waals surface area contributed by atoms with Crippen molar-refractivity contribution in [2.75, 3.05) is 24.7 Å². The molecule has 12 heteroatoms. The molecule has 0 saturated carbocycles. The van der Waals surface area contributed by atoms with Crippen LogP contribution in [0.15, 0.2) is 0 Å². The van der Waals surface area contributed by atoms with Gasteiger partial charge in [0.1, 0.15) is 13.2 Å². The Bertz CT molecular complexity index is 324. The van der Waals surface area contributed by atoms with Gasteiger partial charge in [-0.1, -0.05) is 91.2 Å². The largest absolute Gasteiger partial charge is 0.461 e. The van der Waals surface area contributed by atoms with E-state index in [1.54, 1.807) is 0 Å². The second kappa shape index (κ2) is 11.9. The van der Waals surface area contributed by atoms with Crippen molar-refractivity contribution in [1.29, 1.82) is 0 Å². The zero-order valence-electron chi connectivity index (χ0n) is 11.0. The van der Waals surface area contributed by atoms with E-state index in [9.17, 15) is 9.59 Å². The lowest BCUT2D eigenvalue weighted by Gasteiger charge is -2.11. The number of carbonyl (C=O) groups is 2. The van der Waals surface area contributed by atoms with E-state index in [4.69, 9.17) is 79.1 Å². The molecular formula is C10H12Cl6O4S2. The fourth-order valence-electron chi connectivity index (χ4n) is 0.837. The number of ether oxygens (including phenoxy) is 2. The molecule has 0 aliphatic rings. The van der Waals surface area contributed by atoms with Gasteiger partial charge in [-0.25, -0.2) is 0 Å². The van der Waals surface area contributed by atoms with Gasteiger partial charge in [0.05, 0.1) is 12.8 Å². The summed E-state index contributed by atoms with van der Waals surface area (Å²) in [6.07, 6.45) is 0.353. The first-order valence-corrected chi connectivity index (χ1v) is 10.4. The standard InChI is InChI=1S/C10H12Cl6O4S2/c11-9(12,13)5-19-7(17)1-3-21-22-4-2-8(18)20-6-10(14,15)16/h1-6H2. The zero-order chi connectivity index (χ0) is 17.2. The lowest BCUT2D eigenvalue weighted by Crippen LogP contribution is -2.17. The molecule has 0 aliphatic carbocycles. The maximum Gasteiger partial charge on any atom is 0.306 e. The van der Waals surface area contributed by atoms with E-state index in [2.05, 4.69) is 0 Å². The number of alkyl halides is 6. The molecular weight excluding hydrogens is 461 g/mol. The predicted octanol–water partition coefficient (Wildman–Crippen LogP) is 4.97. The van der Waals surface area contributed by atoms with Gasteiger partial charge in [-0.05, 0) is 0 Å². The summed E-state index contributed by atoms with van der Waals surface area (Å²) in [5.74, 6) is 0.0991. The molecule has 0 aromatic heterocycles. The lowest BCUT2D eigenvalue weighted by molar-refractivity contribution is -0.143. The van der Waals surface area contributed by atoms with E-state index in [-0.39, 0.29) is 26.1 Å². The molecule has 0 bridgehead atoms. The molecule has 4 nitrogen and oxygen atoms in total. The van der Waals surface area contributed by atoms with Gasteiger partial charge in [0.25, 0.3) is 0 Å². The lowest BCUT2D eigenvalue weighted by atomic mass is 10.5. The van der Waals surface area contributed by atoms with Crippen molar-refractivity contribution >= 4 is 103 Å². The third-order valence-electron chi connectivity index (χ3n) is 1.66. The summed E-state index contributed by atoms with van der Waals surface area (Å²) in [7, 11) is 2.82. The highest BCUT2D eigenvalue weighted by Gasteiger charge is 2.22. The van der Waals surface area contributed by atoms with Gasteiger partial charge in [0.15, 0.2) is 0 Å². The number of rotatable bonds is 9. The van der Waals surface area contributed by atoms with Crippen LogP contribution in [0, 0.1) is 0 Å². The molecule has 130 valence electrons. The van der Waals surface area contributed by atoms with Crippen molar-refractivity contribution in [2.45, 2.75) is 20.4 Å². The third-order valence-corrected chi connectivity index (χ3v) is 4.72. The van der Waals surface area contributed by atoms with E-state index >= 15 is 0 Å². The smallest absolute Gasteiger partial charge is 0.306 e. The number of esters is 2. The van der Waals surface area contributed by atoms with E-state index in [0.29, 0.717) is 11.5 Å². The van der Waals surface area contributed by atoms with Gasteiger partial charge in [-0.2, -0.15) is 0 Å². The number of hydrogen-bond donors (Lipinski definition) is 0. The molecule has 0 aliphatic heterocycles. The Morgan fingerprint density at radius 1 is 0.727 bits per heavy atom. The summed E-state index contributed by atoms with van der Waals surface area (Å²) in [4.78, 5) is 22.6. The average Bonchev–Trinajstić information content (AvgIpc) is 2.36. The molecule has 0 unspecified atom stereocenters. The van der Waals surface area contributed by atoms with Gasteiger partial charge in [-0.3, -0.25) is 9.59 Å². The maximum absolute atomic E-state index is 11.3. The van der Waals surface area contributed by atoms with Crippen molar-refractivity contribution < 1.29 is 19.1 Å². The van der Waals surface area contributed by atoms with Gasteiger partial charge in [-0.15, -0.1) is 0 Å². The molecule has 0 N–H and O–H groups in total. The van der Waals surface area contributed by atoms with Crippen LogP contribution in [0.2, 0.25) is 0 Å². The first-order chi connectivity index (χ1) is 9.99. The van der Waals surface area contributed by atoms with Crippen molar-refractivity contribution in [2.24, 2.45) is 0 Å². The quantitative estimate of drug-likeness (QED) is 0.204. The molecule has 0 heterocycles. The fourth-order valence-corrected chi connectivity index (χ4v) is 3.11. The van der Waals surface area contributed by atoms with Crippen LogP contribution < -0.4 is 0 Å². The molecule has 0 radical (unpaired) electrons. The van der Waals surface area contributed by atoms with Crippen molar-refractivity contribution in [3.63, 3.8) is 0 Å². The summed E-state index contributed by atoms with van der Waals surface area (Å²) in [6.45, 7) is -0.577. The Kier molecular flexibility index (Phi) is 12.6. The molecule has 0 aromatic rings. The SMILES string of the molecule is O=C(CCSSCCC(=O)OCC(Cl)(Cl)Cl)OCC(Cl)(Cl)Cl. The van der Waals surface area contributed by atoms with Gasteiger partial charge in [0.2, 0.25) is 7.59 Å². The second-order valence-electron chi connectivity index (χ2n) is 3.70. The molecule has 0 saturated heterocycles. The number of halogens is 6. The molecule has 22 heavy (non-hydrogen) atoms.